The van der Waals surface area contributed by atoms with Crippen molar-refractivity contribution in [2.24, 2.45) is 5.92 Å². The summed E-state index contributed by atoms with van der Waals surface area (Å²) in [4.78, 5) is 14.3. The molecule has 1 aromatic rings. The Kier molecular flexibility index (Phi) is 5.74. The predicted octanol–water partition coefficient (Wildman–Crippen LogP) is 2.03. The van der Waals surface area contributed by atoms with E-state index in [0.29, 0.717) is 30.4 Å². The van der Waals surface area contributed by atoms with Gasteiger partial charge in [0, 0.05) is 13.1 Å². The summed E-state index contributed by atoms with van der Waals surface area (Å²) in [6, 6.07) is 5.29. The Hall–Kier alpha value is -1.76. The lowest BCUT2D eigenvalue weighted by Crippen LogP contribution is -2.45. The first-order valence-corrected chi connectivity index (χ1v) is 9.97. The predicted molar refractivity (Wildman–Crippen MR) is 94.9 cm³/mol. The van der Waals surface area contributed by atoms with Gasteiger partial charge < -0.3 is 9.64 Å². The van der Waals surface area contributed by atoms with Crippen LogP contribution in [0.2, 0.25) is 0 Å². The maximum Gasteiger partial charge on any atom is 0.243 e. The quantitative estimate of drug-likeness (QED) is 0.811. The molecule has 0 unspecified atom stereocenters. The van der Waals surface area contributed by atoms with Crippen LogP contribution in [0.3, 0.4) is 0 Å². The van der Waals surface area contributed by atoms with Crippen molar-refractivity contribution >= 4 is 21.6 Å². The Balaban J connectivity index is 2.27. The summed E-state index contributed by atoms with van der Waals surface area (Å²) in [6.45, 7) is 5.21. The molecule has 1 fully saturated rings. The first kappa shape index (κ1) is 18.6. The highest BCUT2D eigenvalue weighted by molar-refractivity contribution is 7.92. The number of sulfonamides is 1. The van der Waals surface area contributed by atoms with Gasteiger partial charge in [-0.05, 0) is 43.4 Å². The van der Waals surface area contributed by atoms with Crippen LogP contribution in [0.4, 0.5) is 5.69 Å². The average molecular weight is 354 g/mol. The van der Waals surface area contributed by atoms with Gasteiger partial charge in [-0.25, -0.2) is 8.42 Å². The number of rotatable bonds is 5. The van der Waals surface area contributed by atoms with E-state index in [9.17, 15) is 13.2 Å². The SMILES string of the molecule is COc1ccc(C)cc1N(CC(=O)N1CCC(C)CC1)S(C)(=O)=O. The Labute approximate surface area is 144 Å². The number of ether oxygens (including phenoxy) is 1. The number of carbonyl (C=O) groups is 1. The molecule has 0 bridgehead atoms. The van der Waals surface area contributed by atoms with Gasteiger partial charge >= 0.3 is 0 Å². The highest BCUT2D eigenvalue weighted by atomic mass is 32.2. The highest BCUT2D eigenvalue weighted by Gasteiger charge is 2.28. The van der Waals surface area contributed by atoms with Crippen molar-refractivity contribution in [1.82, 2.24) is 4.90 Å². The number of likely N-dealkylation sites (tertiary alicyclic amines) is 1. The van der Waals surface area contributed by atoms with Gasteiger partial charge in [0.25, 0.3) is 0 Å². The van der Waals surface area contributed by atoms with Crippen LogP contribution < -0.4 is 9.04 Å². The molecule has 0 aromatic heterocycles. The molecular formula is C17H26N2O4S. The van der Waals surface area contributed by atoms with Gasteiger partial charge in [0.05, 0.1) is 19.1 Å². The van der Waals surface area contributed by atoms with Gasteiger partial charge in [-0.2, -0.15) is 0 Å². The van der Waals surface area contributed by atoms with Gasteiger partial charge in [0.1, 0.15) is 12.3 Å². The largest absolute Gasteiger partial charge is 0.495 e. The summed E-state index contributed by atoms with van der Waals surface area (Å²) in [5, 5.41) is 0. The second-order valence-electron chi connectivity index (χ2n) is 6.51. The van der Waals surface area contributed by atoms with Crippen molar-refractivity contribution in [3.05, 3.63) is 23.8 Å². The van der Waals surface area contributed by atoms with E-state index in [2.05, 4.69) is 6.92 Å². The summed E-state index contributed by atoms with van der Waals surface area (Å²) >= 11 is 0. The maximum atomic E-state index is 12.6. The maximum absolute atomic E-state index is 12.6. The summed E-state index contributed by atoms with van der Waals surface area (Å²) in [5.41, 5.74) is 1.30. The first-order chi connectivity index (χ1) is 11.2. The van der Waals surface area contributed by atoms with Crippen LogP contribution in [0.15, 0.2) is 18.2 Å². The molecule has 0 aliphatic carbocycles. The number of anilines is 1. The van der Waals surface area contributed by atoms with Gasteiger partial charge in [-0.15, -0.1) is 0 Å². The molecule has 0 spiro atoms. The second kappa shape index (κ2) is 7.42. The van der Waals surface area contributed by atoms with Crippen LogP contribution in [0, 0.1) is 12.8 Å². The van der Waals surface area contributed by atoms with Crippen LogP contribution in [0.5, 0.6) is 5.75 Å². The van der Waals surface area contributed by atoms with Crippen LogP contribution >= 0.6 is 0 Å². The second-order valence-corrected chi connectivity index (χ2v) is 8.42. The molecule has 134 valence electrons. The number of hydrogen-bond donors (Lipinski definition) is 0. The minimum Gasteiger partial charge on any atom is -0.495 e. The Morgan fingerprint density at radius 3 is 2.50 bits per heavy atom. The molecule has 6 nitrogen and oxygen atoms in total. The van der Waals surface area contributed by atoms with Crippen molar-refractivity contribution in [1.29, 1.82) is 0 Å². The van der Waals surface area contributed by atoms with Crippen LogP contribution in [0.1, 0.15) is 25.3 Å². The summed E-state index contributed by atoms with van der Waals surface area (Å²) in [5.74, 6) is 0.874. The Morgan fingerprint density at radius 2 is 1.96 bits per heavy atom. The zero-order valence-corrected chi connectivity index (χ0v) is 15.6. The van der Waals surface area contributed by atoms with E-state index in [1.165, 1.54) is 7.11 Å². The molecule has 0 atom stereocenters. The molecule has 2 rings (SSSR count). The molecule has 1 aromatic carbocycles. The normalized spacial score (nSPS) is 16.1. The van der Waals surface area contributed by atoms with Crippen molar-refractivity contribution in [2.45, 2.75) is 26.7 Å². The summed E-state index contributed by atoms with van der Waals surface area (Å²) < 4.78 is 31.0. The molecule has 24 heavy (non-hydrogen) atoms. The zero-order chi connectivity index (χ0) is 17.9. The Morgan fingerprint density at radius 1 is 1.33 bits per heavy atom. The van der Waals surface area contributed by atoms with Gasteiger partial charge in [-0.3, -0.25) is 9.10 Å². The van der Waals surface area contributed by atoms with E-state index in [4.69, 9.17) is 4.74 Å². The fourth-order valence-electron chi connectivity index (χ4n) is 2.86. The molecule has 1 amide bonds. The van der Waals surface area contributed by atoms with Crippen molar-refractivity contribution in [3.8, 4) is 5.75 Å². The molecule has 1 heterocycles. The minimum atomic E-state index is -3.61. The van der Waals surface area contributed by atoms with Crippen molar-refractivity contribution in [3.63, 3.8) is 0 Å². The number of hydrogen-bond acceptors (Lipinski definition) is 4. The van der Waals surface area contributed by atoms with E-state index < -0.39 is 10.0 Å². The lowest BCUT2D eigenvalue weighted by molar-refractivity contribution is -0.130. The van der Waals surface area contributed by atoms with Crippen molar-refractivity contribution in [2.75, 3.05) is 37.3 Å². The third-order valence-corrected chi connectivity index (χ3v) is 5.55. The lowest BCUT2D eigenvalue weighted by Gasteiger charge is -2.32. The molecule has 1 aliphatic heterocycles. The third-order valence-electron chi connectivity index (χ3n) is 4.42. The molecule has 0 saturated carbocycles. The third kappa shape index (κ3) is 4.41. The topological polar surface area (TPSA) is 66.9 Å². The van der Waals surface area contributed by atoms with Crippen LogP contribution in [-0.2, 0) is 14.8 Å². The fourth-order valence-corrected chi connectivity index (χ4v) is 3.70. The fraction of sp³-hybridized carbons (Fsp3) is 0.588. The number of piperidine rings is 1. The molecular weight excluding hydrogens is 328 g/mol. The average Bonchev–Trinajstić information content (AvgIpc) is 2.52. The molecule has 0 radical (unpaired) electrons. The summed E-state index contributed by atoms with van der Waals surface area (Å²) in [7, 11) is -2.12. The smallest absolute Gasteiger partial charge is 0.243 e. The molecule has 1 aliphatic rings. The molecule has 7 heteroatoms. The number of nitrogens with zero attached hydrogens (tertiary/aromatic N) is 2. The standard InChI is InChI=1S/C17H26N2O4S/c1-13-7-9-18(10-8-13)17(20)12-19(24(4,21)22)15-11-14(2)5-6-16(15)23-3/h5-6,11,13H,7-10,12H2,1-4H3. The monoisotopic (exact) mass is 354 g/mol. The van der Waals surface area contributed by atoms with Gasteiger partial charge in [-0.1, -0.05) is 13.0 Å². The van der Waals surface area contributed by atoms with Crippen LogP contribution in [0.25, 0.3) is 0 Å². The minimum absolute atomic E-state index is 0.170. The van der Waals surface area contributed by atoms with E-state index in [1.54, 1.807) is 17.0 Å². The van der Waals surface area contributed by atoms with E-state index in [0.717, 1.165) is 29.0 Å². The lowest BCUT2D eigenvalue weighted by atomic mass is 9.99. The highest BCUT2D eigenvalue weighted by Crippen LogP contribution is 2.31. The first-order valence-electron chi connectivity index (χ1n) is 8.12. The molecule has 1 saturated heterocycles. The van der Waals surface area contributed by atoms with Crippen molar-refractivity contribution < 1.29 is 17.9 Å². The van der Waals surface area contributed by atoms with E-state index in [-0.39, 0.29) is 12.5 Å². The summed E-state index contributed by atoms with van der Waals surface area (Å²) in [6.07, 6.45) is 3.02. The molecule has 0 N–H and O–H groups in total. The number of amides is 1. The van der Waals surface area contributed by atoms with Gasteiger partial charge in [0.15, 0.2) is 0 Å². The zero-order valence-electron chi connectivity index (χ0n) is 14.8. The number of methoxy groups -OCH3 is 1. The number of carbonyl (C=O) groups excluding carboxylic acids is 1. The van der Waals surface area contributed by atoms with E-state index in [1.807, 2.05) is 13.0 Å². The Bertz CT molecular complexity index is 695. The number of benzene rings is 1. The van der Waals surface area contributed by atoms with E-state index >= 15 is 0 Å². The van der Waals surface area contributed by atoms with Gasteiger partial charge in [0.2, 0.25) is 15.9 Å². The number of aryl methyl sites for hydroxylation is 1. The van der Waals surface area contributed by atoms with Crippen LogP contribution in [-0.4, -0.2) is 52.2 Å².